The lowest BCUT2D eigenvalue weighted by atomic mass is 9.92. The molecule has 2 aliphatic rings. The largest absolute Gasteiger partial charge is 0.326 e. The minimum Gasteiger partial charge on any atom is -0.326 e. The number of likely N-dealkylation sites (tertiary alicyclic amines) is 1. The Morgan fingerprint density at radius 3 is 3.06 bits per heavy atom. The van der Waals surface area contributed by atoms with E-state index in [1.54, 1.807) is 5.56 Å². The van der Waals surface area contributed by atoms with Gasteiger partial charge in [0, 0.05) is 35.7 Å². The van der Waals surface area contributed by atoms with Crippen molar-refractivity contribution in [2.45, 2.75) is 30.2 Å². The van der Waals surface area contributed by atoms with Crippen LogP contribution in [0.3, 0.4) is 0 Å². The third-order valence-electron chi connectivity index (χ3n) is 4.38. The van der Waals surface area contributed by atoms with E-state index in [0.717, 1.165) is 6.54 Å². The van der Waals surface area contributed by atoms with Gasteiger partial charge >= 0.3 is 0 Å². The Morgan fingerprint density at radius 1 is 1.39 bits per heavy atom. The molecule has 0 aromatic heterocycles. The summed E-state index contributed by atoms with van der Waals surface area (Å²) in [5, 5.41) is 0. The molecule has 1 aromatic carbocycles. The Labute approximate surface area is 114 Å². The molecule has 98 valence electrons. The smallest absolute Gasteiger partial charge is 0.0194 e. The number of piperidine rings is 1. The van der Waals surface area contributed by atoms with Crippen molar-refractivity contribution in [3.05, 3.63) is 29.8 Å². The lowest BCUT2D eigenvalue weighted by Gasteiger charge is -2.36. The van der Waals surface area contributed by atoms with E-state index in [2.05, 4.69) is 36.1 Å². The molecule has 1 saturated heterocycles. The van der Waals surface area contributed by atoms with Crippen LogP contribution in [0.25, 0.3) is 0 Å². The lowest BCUT2D eigenvalue weighted by molar-refractivity contribution is 0.163. The van der Waals surface area contributed by atoms with Crippen LogP contribution in [0.1, 0.15) is 24.8 Å². The maximum Gasteiger partial charge on any atom is 0.0194 e. The summed E-state index contributed by atoms with van der Waals surface area (Å²) in [6.45, 7) is 5.76. The Hall–Kier alpha value is -0.510. The summed E-state index contributed by atoms with van der Waals surface area (Å²) in [4.78, 5) is 4.05. The molecular formula is C15H22N2S. The zero-order chi connectivity index (χ0) is 12.5. The molecular weight excluding hydrogens is 240 g/mol. The van der Waals surface area contributed by atoms with Gasteiger partial charge in [-0.2, -0.15) is 0 Å². The van der Waals surface area contributed by atoms with Crippen LogP contribution in [0.4, 0.5) is 0 Å². The van der Waals surface area contributed by atoms with Gasteiger partial charge in [-0.25, -0.2) is 0 Å². The van der Waals surface area contributed by atoms with E-state index in [1.165, 1.54) is 30.2 Å². The highest BCUT2D eigenvalue weighted by atomic mass is 32.2. The highest BCUT2D eigenvalue weighted by Gasteiger charge is 2.28. The average molecular weight is 262 g/mol. The van der Waals surface area contributed by atoms with Gasteiger partial charge in [0.15, 0.2) is 0 Å². The van der Waals surface area contributed by atoms with Crippen molar-refractivity contribution in [2.75, 3.05) is 25.4 Å². The number of thioether (sulfide) groups is 1. The Kier molecular flexibility index (Phi) is 3.64. The predicted molar refractivity (Wildman–Crippen MR) is 78.1 cm³/mol. The van der Waals surface area contributed by atoms with Crippen LogP contribution in [0.2, 0.25) is 0 Å². The van der Waals surface area contributed by atoms with E-state index in [1.807, 2.05) is 11.8 Å². The van der Waals surface area contributed by atoms with Crippen molar-refractivity contribution < 1.29 is 0 Å². The summed E-state index contributed by atoms with van der Waals surface area (Å²) in [6.07, 6.45) is 1.25. The molecule has 0 bridgehead atoms. The average Bonchev–Trinajstić information content (AvgIpc) is 2.78. The van der Waals surface area contributed by atoms with Crippen LogP contribution in [-0.4, -0.2) is 36.3 Å². The molecule has 18 heavy (non-hydrogen) atoms. The fourth-order valence-corrected chi connectivity index (χ4v) is 4.27. The van der Waals surface area contributed by atoms with Gasteiger partial charge in [0.1, 0.15) is 0 Å². The van der Waals surface area contributed by atoms with Crippen LogP contribution >= 0.6 is 11.8 Å². The minimum atomic E-state index is 0.364. The van der Waals surface area contributed by atoms with E-state index in [4.69, 9.17) is 5.73 Å². The molecule has 1 aromatic rings. The molecule has 0 saturated carbocycles. The maximum atomic E-state index is 6.19. The quantitative estimate of drug-likeness (QED) is 0.888. The van der Waals surface area contributed by atoms with Crippen molar-refractivity contribution in [1.82, 2.24) is 4.90 Å². The molecule has 3 rings (SSSR count). The van der Waals surface area contributed by atoms with Crippen LogP contribution in [0.5, 0.6) is 0 Å². The molecule has 3 unspecified atom stereocenters. The van der Waals surface area contributed by atoms with Gasteiger partial charge in [-0.15, -0.1) is 11.8 Å². The van der Waals surface area contributed by atoms with E-state index in [9.17, 15) is 0 Å². The van der Waals surface area contributed by atoms with E-state index < -0.39 is 0 Å². The summed E-state index contributed by atoms with van der Waals surface area (Å²) in [6, 6.07) is 9.23. The Morgan fingerprint density at radius 2 is 2.22 bits per heavy atom. The second-order valence-electron chi connectivity index (χ2n) is 5.74. The zero-order valence-corrected chi connectivity index (χ0v) is 11.8. The number of fused-ring (bicyclic) bond motifs is 1. The van der Waals surface area contributed by atoms with Gasteiger partial charge in [0.25, 0.3) is 0 Å². The summed E-state index contributed by atoms with van der Waals surface area (Å²) in [7, 11) is 0. The zero-order valence-electron chi connectivity index (χ0n) is 11.0. The number of benzene rings is 1. The molecule has 1 fully saturated rings. The number of hydrogen-bond donors (Lipinski definition) is 1. The van der Waals surface area contributed by atoms with Crippen LogP contribution in [0.15, 0.2) is 29.2 Å². The van der Waals surface area contributed by atoms with Crippen molar-refractivity contribution in [3.63, 3.8) is 0 Å². The van der Waals surface area contributed by atoms with Gasteiger partial charge in [-0.05, 0) is 30.5 Å². The molecule has 0 radical (unpaired) electrons. The Balaban J connectivity index is 1.65. The molecule has 3 heteroatoms. The summed E-state index contributed by atoms with van der Waals surface area (Å²) in [5.41, 5.74) is 7.74. The first-order valence-corrected chi connectivity index (χ1v) is 7.92. The third-order valence-corrected chi connectivity index (χ3v) is 5.63. The standard InChI is InChI=1S/C15H22N2S/c1-11-6-7-17(9-14(11)16)8-12-10-18-15-5-3-2-4-13(12)15/h2-5,11-12,14H,6-10,16H2,1H3. The highest BCUT2D eigenvalue weighted by Crippen LogP contribution is 2.39. The van der Waals surface area contributed by atoms with Crippen molar-refractivity contribution in [2.24, 2.45) is 11.7 Å². The number of nitrogens with two attached hydrogens (primary N) is 1. The fraction of sp³-hybridized carbons (Fsp3) is 0.600. The van der Waals surface area contributed by atoms with Crippen LogP contribution in [0, 0.1) is 5.92 Å². The molecule has 2 nitrogen and oxygen atoms in total. The molecule has 3 atom stereocenters. The summed E-state index contributed by atoms with van der Waals surface area (Å²) < 4.78 is 0. The van der Waals surface area contributed by atoms with Crippen molar-refractivity contribution in [3.8, 4) is 0 Å². The highest BCUT2D eigenvalue weighted by molar-refractivity contribution is 7.99. The number of nitrogens with zero attached hydrogens (tertiary/aromatic N) is 1. The monoisotopic (exact) mass is 262 g/mol. The first kappa shape index (κ1) is 12.5. The SMILES string of the molecule is CC1CCN(CC2CSc3ccccc32)CC1N. The second-order valence-corrected chi connectivity index (χ2v) is 6.80. The topological polar surface area (TPSA) is 29.3 Å². The molecule has 2 N–H and O–H groups in total. The molecule has 0 amide bonds. The second kappa shape index (κ2) is 5.24. The van der Waals surface area contributed by atoms with Gasteiger partial charge in [-0.3, -0.25) is 0 Å². The normalized spacial score (nSPS) is 32.4. The maximum absolute atomic E-state index is 6.19. The molecule has 2 aliphatic heterocycles. The number of rotatable bonds is 2. The van der Waals surface area contributed by atoms with Gasteiger partial charge in [0.05, 0.1) is 0 Å². The van der Waals surface area contributed by atoms with E-state index in [-0.39, 0.29) is 0 Å². The lowest BCUT2D eigenvalue weighted by Crippen LogP contribution is -2.48. The third kappa shape index (κ3) is 2.44. The first-order chi connectivity index (χ1) is 8.74. The van der Waals surface area contributed by atoms with Gasteiger partial charge < -0.3 is 10.6 Å². The molecule has 0 aliphatic carbocycles. The van der Waals surface area contributed by atoms with Crippen LogP contribution in [-0.2, 0) is 0 Å². The predicted octanol–water partition coefficient (Wildman–Crippen LogP) is 2.54. The van der Waals surface area contributed by atoms with Crippen LogP contribution < -0.4 is 5.73 Å². The van der Waals surface area contributed by atoms with Crippen molar-refractivity contribution >= 4 is 11.8 Å². The Bertz CT molecular complexity index is 421. The minimum absolute atomic E-state index is 0.364. The molecule has 2 heterocycles. The summed E-state index contributed by atoms with van der Waals surface area (Å²) in [5.74, 6) is 2.62. The van der Waals surface area contributed by atoms with Crippen molar-refractivity contribution in [1.29, 1.82) is 0 Å². The van der Waals surface area contributed by atoms with Gasteiger partial charge in [-0.1, -0.05) is 25.1 Å². The summed E-state index contributed by atoms with van der Waals surface area (Å²) >= 11 is 2.01. The fourth-order valence-electron chi connectivity index (χ4n) is 3.03. The number of hydrogen-bond acceptors (Lipinski definition) is 3. The van der Waals surface area contributed by atoms with E-state index in [0.29, 0.717) is 17.9 Å². The van der Waals surface area contributed by atoms with Gasteiger partial charge in [0.2, 0.25) is 0 Å². The molecule has 0 spiro atoms. The van der Waals surface area contributed by atoms with E-state index >= 15 is 0 Å². The first-order valence-electron chi connectivity index (χ1n) is 6.93.